The Morgan fingerprint density at radius 3 is 2.55 bits per heavy atom. The van der Waals surface area contributed by atoms with Crippen LogP contribution in [0.3, 0.4) is 0 Å². The highest BCUT2D eigenvalue weighted by atomic mass is 35.5. The molecule has 2 aromatic rings. The van der Waals surface area contributed by atoms with Gasteiger partial charge in [0.25, 0.3) is 5.91 Å². The molecule has 2 saturated heterocycles. The number of carbonyl (C=O) groups is 1. The molecule has 2 fully saturated rings. The van der Waals surface area contributed by atoms with Crippen LogP contribution < -0.4 is 0 Å². The first-order valence-corrected chi connectivity index (χ1v) is 8.90. The number of aromatic nitrogens is 2. The van der Waals surface area contributed by atoms with E-state index in [1.807, 2.05) is 29.9 Å². The number of thiophene rings is 1. The Morgan fingerprint density at radius 1 is 1.27 bits per heavy atom. The second-order valence-electron chi connectivity index (χ2n) is 6.27. The first kappa shape index (κ1) is 14.3. The topological polar surface area (TPSA) is 38.1 Å². The number of rotatable bonds is 2. The molecule has 116 valence electrons. The third-order valence-corrected chi connectivity index (χ3v) is 6.02. The normalized spacial score (nSPS) is 27.4. The summed E-state index contributed by atoms with van der Waals surface area (Å²) in [7, 11) is 0. The quantitative estimate of drug-likeness (QED) is 0.834. The molecular formula is C16H18ClN3OS. The summed E-state index contributed by atoms with van der Waals surface area (Å²) in [5, 5.41) is 5.03. The standard InChI is InChI=1S/C16H18ClN3OS/c1-10-2-5-15(22-10)16(21)20-12-3-4-13(20)7-14(6-12)19-9-11(17)8-18-19/h2,5,8-9,12-14H,3-4,6-7H2,1H3. The minimum absolute atomic E-state index is 0.211. The molecule has 4 nitrogen and oxygen atoms in total. The minimum atomic E-state index is 0.211. The van der Waals surface area contributed by atoms with Crippen LogP contribution >= 0.6 is 22.9 Å². The van der Waals surface area contributed by atoms with Gasteiger partial charge in [-0.05, 0) is 44.7 Å². The monoisotopic (exact) mass is 335 g/mol. The van der Waals surface area contributed by atoms with Crippen LogP contribution in [0.4, 0.5) is 0 Å². The van der Waals surface area contributed by atoms with E-state index in [0.717, 1.165) is 30.6 Å². The Kier molecular flexibility index (Phi) is 3.50. The predicted molar refractivity (Wildman–Crippen MR) is 87.5 cm³/mol. The van der Waals surface area contributed by atoms with Gasteiger partial charge in [0.05, 0.1) is 22.1 Å². The van der Waals surface area contributed by atoms with E-state index >= 15 is 0 Å². The third-order valence-electron chi connectivity index (χ3n) is 4.84. The lowest BCUT2D eigenvalue weighted by atomic mass is 9.97. The molecular weight excluding hydrogens is 318 g/mol. The molecule has 2 atom stereocenters. The fourth-order valence-electron chi connectivity index (χ4n) is 3.89. The van der Waals surface area contributed by atoms with Crippen LogP contribution in [0, 0.1) is 6.92 Å². The van der Waals surface area contributed by atoms with Crippen LogP contribution in [-0.2, 0) is 0 Å². The lowest BCUT2D eigenvalue weighted by molar-refractivity contribution is 0.0529. The summed E-state index contributed by atoms with van der Waals surface area (Å²) in [4.78, 5) is 17.0. The average molecular weight is 336 g/mol. The summed E-state index contributed by atoms with van der Waals surface area (Å²) < 4.78 is 1.98. The van der Waals surface area contributed by atoms with Crippen molar-refractivity contribution < 1.29 is 4.79 Å². The Hall–Kier alpha value is -1.33. The predicted octanol–water partition coefficient (Wildman–Crippen LogP) is 3.91. The van der Waals surface area contributed by atoms with Gasteiger partial charge in [0.15, 0.2) is 0 Å². The number of fused-ring (bicyclic) bond motifs is 2. The van der Waals surface area contributed by atoms with E-state index in [1.165, 1.54) is 4.88 Å². The highest BCUT2D eigenvalue weighted by Crippen LogP contribution is 2.42. The number of hydrogen-bond acceptors (Lipinski definition) is 3. The molecule has 0 spiro atoms. The van der Waals surface area contributed by atoms with Gasteiger partial charge < -0.3 is 4.90 Å². The van der Waals surface area contributed by atoms with Crippen LogP contribution in [0.25, 0.3) is 0 Å². The zero-order valence-electron chi connectivity index (χ0n) is 12.4. The van der Waals surface area contributed by atoms with Crippen molar-refractivity contribution in [2.24, 2.45) is 0 Å². The Balaban J connectivity index is 1.55. The molecule has 0 N–H and O–H groups in total. The molecule has 0 aliphatic carbocycles. The molecule has 2 aliphatic rings. The lowest BCUT2D eigenvalue weighted by Crippen LogP contribution is -2.46. The first-order chi connectivity index (χ1) is 10.6. The first-order valence-electron chi connectivity index (χ1n) is 7.70. The van der Waals surface area contributed by atoms with Crippen LogP contribution in [0.15, 0.2) is 24.5 Å². The highest BCUT2D eigenvalue weighted by molar-refractivity contribution is 7.13. The molecule has 4 heterocycles. The van der Waals surface area contributed by atoms with E-state index < -0.39 is 0 Å². The van der Waals surface area contributed by atoms with Crippen molar-refractivity contribution in [2.75, 3.05) is 0 Å². The van der Waals surface area contributed by atoms with Crippen molar-refractivity contribution in [2.45, 2.75) is 50.7 Å². The number of hydrogen-bond donors (Lipinski definition) is 0. The largest absolute Gasteiger partial charge is 0.332 e. The zero-order valence-corrected chi connectivity index (χ0v) is 14.0. The van der Waals surface area contributed by atoms with E-state index in [-0.39, 0.29) is 5.91 Å². The number of halogens is 1. The molecule has 0 aromatic carbocycles. The van der Waals surface area contributed by atoms with Crippen molar-refractivity contribution in [3.8, 4) is 0 Å². The number of piperidine rings is 1. The summed E-state index contributed by atoms with van der Waals surface area (Å²) >= 11 is 7.58. The van der Waals surface area contributed by atoms with E-state index in [4.69, 9.17) is 11.6 Å². The van der Waals surface area contributed by atoms with Crippen molar-refractivity contribution in [1.82, 2.24) is 14.7 Å². The van der Waals surface area contributed by atoms with Gasteiger partial charge in [-0.3, -0.25) is 9.48 Å². The number of carbonyl (C=O) groups excluding carboxylic acids is 1. The van der Waals surface area contributed by atoms with Gasteiger partial charge in [0, 0.05) is 23.2 Å². The molecule has 0 radical (unpaired) electrons. The summed E-state index contributed by atoms with van der Waals surface area (Å²) in [5.41, 5.74) is 0. The lowest BCUT2D eigenvalue weighted by Gasteiger charge is -2.38. The fraction of sp³-hybridized carbons (Fsp3) is 0.500. The van der Waals surface area contributed by atoms with Gasteiger partial charge in [0.2, 0.25) is 0 Å². The van der Waals surface area contributed by atoms with Gasteiger partial charge >= 0.3 is 0 Å². The zero-order chi connectivity index (χ0) is 15.3. The molecule has 2 bridgehead atoms. The second kappa shape index (κ2) is 5.39. The maximum absolute atomic E-state index is 12.8. The molecule has 1 amide bonds. The van der Waals surface area contributed by atoms with Gasteiger partial charge in [-0.2, -0.15) is 5.10 Å². The molecule has 6 heteroatoms. The molecule has 2 unspecified atom stereocenters. The van der Waals surface area contributed by atoms with Crippen molar-refractivity contribution in [3.63, 3.8) is 0 Å². The SMILES string of the molecule is Cc1ccc(C(=O)N2C3CCC2CC(n2cc(Cl)cn2)C3)s1. The molecule has 4 rings (SSSR count). The Morgan fingerprint density at radius 2 is 2.00 bits per heavy atom. The van der Waals surface area contributed by atoms with Crippen LogP contribution in [0.2, 0.25) is 5.02 Å². The maximum atomic E-state index is 12.8. The van der Waals surface area contributed by atoms with E-state index in [9.17, 15) is 4.79 Å². The summed E-state index contributed by atoms with van der Waals surface area (Å²) in [6.07, 6.45) is 7.74. The summed E-state index contributed by atoms with van der Waals surface area (Å²) in [5.74, 6) is 0.211. The Bertz CT molecular complexity index is 696. The highest BCUT2D eigenvalue weighted by Gasteiger charge is 2.44. The van der Waals surface area contributed by atoms with E-state index in [1.54, 1.807) is 17.5 Å². The number of nitrogens with zero attached hydrogens (tertiary/aromatic N) is 3. The number of amides is 1. The van der Waals surface area contributed by atoms with Crippen molar-refractivity contribution in [3.05, 3.63) is 39.3 Å². The second-order valence-corrected chi connectivity index (χ2v) is 8.00. The van der Waals surface area contributed by atoms with Gasteiger partial charge in [-0.1, -0.05) is 11.6 Å². The molecule has 2 aliphatic heterocycles. The van der Waals surface area contributed by atoms with Crippen molar-refractivity contribution in [1.29, 1.82) is 0 Å². The number of aryl methyl sites for hydroxylation is 1. The minimum Gasteiger partial charge on any atom is -0.332 e. The Labute approximate surface area is 138 Å². The van der Waals surface area contributed by atoms with Crippen LogP contribution in [0.1, 0.15) is 46.3 Å². The smallest absolute Gasteiger partial charge is 0.264 e. The maximum Gasteiger partial charge on any atom is 0.264 e. The molecule has 2 aromatic heterocycles. The van der Waals surface area contributed by atoms with Crippen molar-refractivity contribution >= 4 is 28.8 Å². The average Bonchev–Trinajstić information content (AvgIpc) is 3.17. The van der Waals surface area contributed by atoms with Crippen LogP contribution in [-0.4, -0.2) is 32.7 Å². The van der Waals surface area contributed by atoms with Gasteiger partial charge in [0.1, 0.15) is 0 Å². The van der Waals surface area contributed by atoms with Gasteiger partial charge in [-0.25, -0.2) is 0 Å². The summed E-state index contributed by atoms with van der Waals surface area (Å²) in [6.45, 7) is 2.05. The van der Waals surface area contributed by atoms with Gasteiger partial charge in [-0.15, -0.1) is 11.3 Å². The molecule has 22 heavy (non-hydrogen) atoms. The van der Waals surface area contributed by atoms with E-state index in [0.29, 0.717) is 23.1 Å². The fourth-order valence-corrected chi connectivity index (χ4v) is 4.84. The van der Waals surface area contributed by atoms with Crippen LogP contribution in [0.5, 0.6) is 0 Å². The third kappa shape index (κ3) is 2.36. The molecule has 0 saturated carbocycles. The summed E-state index contributed by atoms with van der Waals surface area (Å²) in [6, 6.07) is 5.02. The van der Waals surface area contributed by atoms with E-state index in [2.05, 4.69) is 10.00 Å².